The number of carboxylic acid groups (broad SMARTS) is 1. The van der Waals surface area contributed by atoms with Crippen LogP contribution in [0.4, 0.5) is 10.5 Å². The van der Waals surface area contributed by atoms with Gasteiger partial charge in [-0.25, -0.2) is 4.79 Å². The molecule has 1 aromatic rings. The SMILES string of the molecule is O=C(NCC1(C(=O)O)CCCC1)Nc1ccc(Br)cc1. The fourth-order valence-corrected chi connectivity index (χ4v) is 2.74. The van der Waals surface area contributed by atoms with Crippen LogP contribution in [0.25, 0.3) is 0 Å². The second kappa shape index (κ2) is 6.26. The summed E-state index contributed by atoms with van der Waals surface area (Å²) in [6, 6.07) is 6.81. The van der Waals surface area contributed by atoms with Gasteiger partial charge in [0.05, 0.1) is 5.41 Å². The molecule has 6 heteroatoms. The average Bonchev–Trinajstić information content (AvgIpc) is 2.89. The van der Waals surface area contributed by atoms with Gasteiger partial charge in [0.2, 0.25) is 0 Å². The molecule has 0 bridgehead atoms. The van der Waals surface area contributed by atoms with Gasteiger partial charge in [-0.05, 0) is 37.1 Å². The van der Waals surface area contributed by atoms with Crippen LogP contribution in [-0.4, -0.2) is 23.7 Å². The monoisotopic (exact) mass is 340 g/mol. The summed E-state index contributed by atoms with van der Waals surface area (Å²) in [6.45, 7) is 0.171. The highest BCUT2D eigenvalue weighted by Crippen LogP contribution is 2.37. The van der Waals surface area contributed by atoms with Crippen LogP contribution in [0.3, 0.4) is 0 Å². The van der Waals surface area contributed by atoms with Crippen LogP contribution in [0.15, 0.2) is 28.7 Å². The number of amides is 2. The number of nitrogens with one attached hydrogen (secondary N) is 2. The average molecular weight is 341 g/mol. The van der Waals surface area contributed by atoms with Gasteiger partial charge in [0.25, 0.3) is 0 Å². The van der Waals surface area contributed by atoms with Crippen molar-refractivity contribution < 1.29 is 14.7 Å². The third-order valence-electron chi connectivity index (χ3n) is 3.70. The first-order valence-electron chi connectivity index (χ1n) is 6.56. The molecular weight excluding hydrogens is 324 g/mol. The molecule has 1 saturated carbocycles. The van der Waals surface area contributed by atoms with Crippen molar-refractivity contribution in [2.24, 2.45) is 5.41 Å². The fourth-order valence-electron chi connectivity index (χ4n) is 2.48. The van der Waals surface area contributed by atoms with Gasteiger partial charge >= 0.3 is 12.0 Å². The molecule has 5 nitrogen and oxygen atoms in total. The molecule has 0 aliphatic heterocycles. The molecule has 0 atom stereocenters. The molecule has 1 fully saturated rings. The van der Waals surface area contributed by atoms with Crippen LogP contribution in [0.5, 0.6) is 0 Å². The normalized spacial score (nSPS) is 16.6. The zero-order valence-electron chi connectivity index (χ0n) is 11.0. The Morgan fingerprint density at radius 2 is 1.80 bits per heavy atom. The molecule has 1 aromatic carbocycles. The van der Waals surface area contributed by atoms with Gasteiger partial charge < -0.3 is 15.7 Å². The lowest BCUT2D eigenvalue weighted by Gasteiger charge is -2.24. The van der Waals surface area contributed by atoms with E-state index in [1.807, 2.05) is 12.1 Å². The van der Waals surface area contributed by atoms with E-state index >= 15 is 0 Å². The summed E-state index contributed by atoms with van der Waals surface area (Å²) in [5.74, 6) is -0.820. The maximum atomic E-state index is 11.8. The molecule has 3 N–H and O–H groups in total. The third kappa shape index (κ3) is 3.50. The van der Waals surface area contributed by atoms with Crippen LogP contribution >= 0.6 is 15.9 Å². The standard InChI is InChI=1S/C14H17BrN2O3/c15-10-3-5-11(6-4-10)17-13(20)16-9-14(12(18)19)7-1-2-8-14/h3-6H,1-2,7-9H2,(H,18,19)(H2,16,17,20). The summed E-state index contributed by atoms with van der Waals surface area (Å²) in [6.07, 6.45) is 3.06. The van der Waals surface area contributed by atoms with E-state index in [0.29, 0.717) is 18.5 Å². The van der Waals surface area contributed by atoms with Crippen molar-refractivity contribution >= 4 is 33.6 Å². The van der Waals surface area contributed by atoms with Gasteiger partial charge in [0.1, 0.15) is 0 Å². The number of rotatable bonds is 4. The highest BCUT2D eigenvalue weighted by Gasteiger charge is 2.41. The van der Waals surface area contributed by atoms with Gasteiger partial charge in [-0.3, -0.25) is 4.79 Å². The molecule has 1 aliphatic rings. The Morgan fingerprint density at radius 3 is 2.35 bits per heavy atom. The van der Waals surface area contributed by atoms with Crippen LogP contribution < -0.4 is 10.6 Å². The van der Waals surface area contributed by atoms with E-state index in [0.717, 1.165) is 17.3 Å². The molecule has 0 aromatic heterocycles. The first-order chi connectivity index (χ1) is 9.52. The van der Waals surface area contributed by atoms with E-state index in [-0.39, 0.29) is 12.6 Å². The van der Waals surface area contributed by atoms with Crippen molar-refractivity contribution in [3.63, 3.8) is 0 Å². The number of hydrogen-bond donors (Lipinski definition) is 3. The molecule has 0 unspecified atom stereocenters. The van der Waals surface area contributed by atoms with E-state index in [1.165, 1.54) is 0 Å². The number of hydrogen-bond acceptors (Lipinski definition) is 2. The highest BCUT2D eigenvalue weighted by molar-refractivity contribution is 9.10. The zero-order chi connectivity index (χ0) is 14.6. The second-order valence-corrected chi connectivity index (χ2v) is 6.02. The Morgan fingerprint density at radius 1 is 1.20 bits per heavy atom. The van der Waals surface area contributed by atoms with Crippen LogP contribution in [0.2, 0.25) is 0 Å². The van der Waals surface area contributed by atoms with Crippen LogP contribution in [0.1, 0.15) is 25.7 Å². The minimum Gasteiger partial charge on any atom is -0.481 e. The van der Waals surface area contributed by atoms with Gasteiger partial charge in [0, 0.05) is 16.7 Å². The molecule has 0 spiro atoms. The quantitative estimate of drug-likeness (QED) is 0.787. The molecule has 0 saturated heterocycles. The van der Waals surface area contributed by atoms with Crippen molar-refractivity contribution in [3.05, 3.63) is 28.7 Å². The summed E-state index contributed by atoms with van der Waals surface area (Å²) in [5.41, 5.74) is -0.127. The molecule has 2 rings (SSSR count). The van der Waals surface area contributed by atoms with E-state index in [2.05, 4.69) is 26.6 Å². The van der Waals surface area contributed by atoms with Crippen molar-refractivity contribution in [3.8, 4) is 0 Å². The smallest absolute Gasteiger partial charge is 0.319 e. The molecule has 2 amide bonds. The van der Waals surface area contributed by atoms with Gasteiger partial charge in [-0.1, -0.05) is 28.8 Å². The predicted molar refractivity (Wildman–Crippen MR) is 79.7 cm³/mol. The summed E-state index contributed by atoms with van der Waals surface area (Å²) in [7, 11) is 0. The lowest BCUT2D eigenvalue weighted by Crippen LogP contribution is -2.42. The Balaban J connectivity index is 1.88. The first kappa shape index (κ1) is 14.8. The van der Waals surface area contributed by atoms with E-state index in [4.69, 9.17) is 0 Å². The number of benzene rings is 1. The van der Waals surface area contributed by atoms with Crippen molar-refractivity contribution in [2.45, 2.75) is 25.7 Å². The molecule has 0 radical (unpaired) electrons. The van der Waals surface area contributed by atoms with Gasteiger partial charge in [0.15, 0.2) is 0 Å². The molecular formula is C14H17BrN2O3. The maximum Gasteiger partial charge on any atom is 0.319 e. The predicted octanol–water partition coefficient (Wildman–Crippen LogP) is 3.22. The number of anilines is 1. The number of aliphatic carboxylic acids is 1. The van der Waals surface area contributed by atoms with Crippen LogP contribution in [0, 0.1) is 5.41 Å². The molecule has 0 heterocycles. The van der Waals surface area contributed by atoms with Crippen molar-refractivity contribution in [1.82, 2.24) is 5.32 Å². The number of carboxylic acids is 1. The van der Waals surface area contributed by atoms with E-state index < -0.39 is 11.4 Å². The lowest BCUT2D eigenvalue weighted by atomic mass is 9.86. The lowest BCUT2D eigenvalue weighted by molar-refractivity contribution is -0.148. The summed E-state index contributed by atoms with van der Waals surface area (Å²) < 4.78 is 0.930. The number of carbonyl (C=O) groups is 2. The Hall–Kier alpha value is -1.56. The van der Waals surface area contributed by atoms with E-state index in [9.17, 15) is 14.7 Å². The van der Waals surface area contributed by atoms with Gasteiger partial charge in [-0.15, -0.1) is 0 Å². The molecule has 108 valence electrons. The summed E-state index contributed by atoms with van der Waals surface area (Å²) >= 11 is 3.32. The minimum absolute atomic E-state index is 0.171. The number of urea groups is 1. The Kier molecular flexibility index (Phi) is 4.65. The largest absolute Gasteiger partial charge is 0.481 e. The second-order valence-electron chi connectivity index (χ2n) is 5.11. The summed E-state index contributed by atoms with van der Waals surface area (Å²) in [5, 5.41) is 14.7. The first-order valence-corrected chi connectivity index (χ1v) is 7.35. The van der Waals surface area contributed by atoms with Crippen LogP contribution in [-0.2, 0) is 4.79 Å². The zero-order valence-corrected chi connectivity index (χ0v) is 12.6. The Labute approximate surface area is 125 Å². The minimum atomic E-state index is -0.820. The highest BCUT2D eigenvalue weighted by atomic mass is 79.9. The molecule has 20 heavy (non-hydrogen) atoms. The number of halogens is 1. The summed E-state index contributed by atoms with van der Waals surface area (Å²) in [4.78, 5) is 23.1. The maximum absolute atomic E-state index is 11.8. The third-order valence-corrected chi connectivity index (χ3v) is 4.23. The Bertz CT molecular complexity index is 496. The topological polar surface area (TPSA) is 78.4 Å². The molecule has 1 aliphatic carbocycles. The van der Waals surface area contributed by atoms with E-state index in [1.54, 1.807) is 12.1 Å². The fraction of sp³-hybridized carbons (Fsp3) is 0.429. The van der Waals surface area contributed by atoms with Crippen molar-refractivity contribution in [1.29, 1.82) is 0 Å². The number of carbonyl (C=O) groups excluding carboxylic acids is 1. The van der Waals surface area contributed by atoms with Crippen molar-refractivity contribution in [2.75, 3.05) is 11.9 Å². The van der Waals surface area contributed by atoms with Gasteiger partial charge in [-0.2, -0.15) is 0 Å².